The molecule has 1 aliphatic heterocycles. The van der Waals surface area contributed by atoms with E-state index in [-0.39, 0.29) is 18.2 Å². The Balaban J connectivity index is 1.96. The van der Waals surface area contributed by atoms with Gasteiger partial charge in [-0.25, -0.2) is 12.7 Å². The Morgan fingerprint density at radius 1 is 1.35 bits per heavy atom. The number of halogens is 2. The maximum atomic E-state index is 12.2. The summed E-state index contributed by atoms with van der Waals surface area (Å²) in [7, 11) is -3.32. The van der Waals surface area contributed by atoms with Crippen LogP contribution in [0, 0.1) is 5.92 Å². The normalized spacial score (nSPS) is 19.6. The first-order valence-corrected chi connectivity index (χ1v) is 8.91. The lowest BCUT2D eigenvalue weighted by molar-refractivity contribution is -0.120. The minimum atomic E-state index is -3.32. The number of sulfonamides is 1. The van der Waals surface area contributed by atoms with E-state index in [1.165, 1.54) is 28.6 Å². The van der Waals surface area contributed by atoms with Crippen LogP contribution < -0.4 is 10.1 Å². The number of alkyl halides is 2. The van der Waals surface area contributed by atoms with E-state index in [0.29, 0.717) is 25.1 Å². The molecule has 6 nitrogen and oxygen atoms in total. The van der Waals surface area contributed by atoms with Gasteiger partial charge in [0.1, 0.15) is 5.75 Å². The second-order valence-corrected chi connectivity index (χ2v) is 7.33. The third kappa shape index (κ3) is 5.14. The molecule has 9 heteroatoms. The molecule has 1 heterocycles. The van der Waals surface area contributed by atoms with Crippen molar-refractivity contribution < 1.29 is 26.7 Å². The van der Waals surface area contributed by atoms with Gasteiger partial charge in [-0.2, -0.15) is 8.78 Å². The first-order chi connectivity index (χ1) is 10.8. The summed E-state index contributed by atoms with van der Waals surface area (Å²) in [5.74, 6) is -0.727. The van der Waals surface area contributed by atoms with Gasteiger partial charge in [0, 0.05) is 18.8 Å². The predicted octanol–water partition coefficient (Wildman–Crippen LogP) is 1.90. The van der Waals surface area contributed by atoms with E-state index in [4.69, 9.17) is 0 Å². The van der Waals surface area contributed by atoms with Gasteiger partial charge in [-0.05, 0) is 37.1 Å². The average molecular weight is 348 g/mol. The highest BCUT2D eigenvalue weighted by Crippen LogP contribution is 2.22. The molecule has 1 saturated heterocycles. The Morgan fingerprint density at radius 3 is 2.57 bits per heavy atom. The van der Waals surface area contributed by atoms with Crippen molar-refractivity contribution in [2.75, 3.05) is 24.7 Å². The van der Waals surface area contributed by atoms with Crippen LogP contribution in [0.1, 0.15) is 12.8 Å². The van der Waals surface area contributed by atoms with Crippen LogP contribution in [0.15, 0.2) is 24.3 Å². The minimum absolute atomic E-state index is 0.00100. The fourth-order valence-corrected chi connectivity index (χ4v) is 3.33. The van der Waals surface area contributed by atoms with E-state index in [1.54, 1.807) is 0 Å². The molecule has 0 radical (unpaired) electrons. The molecule has 0 aromatic heterocycles. The van der Waals surface area contributed by atoms with Crippen LogP contribution in [0.5, 0.6) is 5.75 Å². The van der Waals surface area contributed by atoms with Crippen molar-refractivity contribution >= 4 is 21.6 Å². The summed E-state index contributed by atoms with van der Waals surface area (Å²) in [6, 6.07) is 5.55. The van der Waals surface area contributed by atoms with Crippen LogP contribution >= 0.6 is 0 Å². The smallest absolute Gasteiger partial charge is 0.387 e. The van der Waals surface area contributed by atoms with Crippen LogP contribution in [0.3, 0.4) is 0 Å². The SMILES string of the molecule is CS(=O)(=O)N1CCC[C@@H](C(=O)Nc2ccc(OC(F)F)cc2)C1. The molecule has 1 aliphatic rings. The first-order valence-electron chi connectivity index (χ1n) is 7.06. The molecule has 0 spiro atoms. The summed E-state index contributed by atoms with van der Waals surface area (Å²) in [4.78, 5) is 12.2. The Kier molecular flexibility index (Phi) is 5.53. The number of carbonyl (C=O) groups is 1. The largest absolute Gasteiger partial charge is 0.435 e. The number of hydrogen-bond donors (Lipinski definition) is 1. The molecule has 0 aliphatic carbocycles. The number of nitrogens with one attached hydrogen (secondary N) is 1. The Bertz CT molecular complexity index is 649. The van der Waals surface area contributed by atoms with Gasteiger partial charge in [-0.15, -0.1) is 0 Å². The van der Waals surface area contributed by atoms with Crippen molar-refractivity contribution in [2.45, 2.75) is 19.5 Å². The molecule has 1 amide bonds. The molecule has 1 N–H and O–H groups in total. The standard InChI is InChI=1S/C14H18F2N2O4S/c1-23(20,21)18-8-2-3-10(9-18)13(19)17-11-4-6-12(7-5-11)22-14(15)16/h4-7,10,14H,2-3,8-9H2,1H3,(H,17,19)/t10-/m1/s1. The second-order valence-electron chi connectivity index (χ2n) is 5.35. The third-order valence-electron chi connectivity index (χ3n) is 3.57. The molecule has 0 bridgehead atoms. The number of carbonyl (C=O) groups excluding carboxylic acids is 1. The van der Waals surface area contributed by atoms with Crippen molar-refractivity contribution in [2.24, 2.45) is 5.92 Å². The van der Waals surface area contributed by atoms with Crippen LogP contribution in [-0.4, -0.2) is 44.6 Å². The summed E-state index contributed by atoms with van der Waals surface area (Å²) >= 11 is 0. The fourth-order valence-electron chi connectivity index (χ4n) is 2.42. The third-order valence-corrected chi connectivity index (χ3v) is 4.84. The van der Waals surface area contributed by atoms with Crippen molar-refractivity contribution in [1.29, 1.82) is 0 Å². The monoisotopic (exact) mass is 348 g/mol. The molecule has 0 saturated carbocycles. The Hall–Kier alpha value is -1.74. The highest BCUT2D eigenvalue weighted by Gasteiger charge is 2.30. The molecule has 1 atom stereocenters. The topological polar surface area (TPSA) is 75.7 Å². The quantitative estimate of drug-likeness (QED) is 0.882. The van der Waals surface area contributed by atoms with Gasteiger partial charge in [0.05, 0.1) is 12.2 Å². The zero-order valence-corrected chi connectivity index (χ0v) is 13.4. The molecule has 2 rings (SSSR count). The van der Waals surface area contributed by atoms with Gasteiger partial charge in [-0.1, -0.05) is 0 Å². The maximum absolute atomic E-state index is 12.2. The molecular weight excluding hydrogens is 330 g/mol. The van der Waals surface area contributed by atoms with Gasteiger partial charge in [0.2, 0.25) is 15.9 Å². The van der Waals surface area contributed by atoms with Crippen molar-refractivity contribution in [3.8, 4) is 5.75 Å². The van der Waals surface area contributed by atoms with Crippen LogP contribution in [0.4, 0.5) is 14.5 Å². The highest BCUT2D eigenvalue weighted by atomic mass is 32.2. The summed E-state index contributed by atoms with van der Waals surface area (Å²) in [5.41, 5.74) is 0.438. The molecular formula is C14H18F2N2O4S. The lowest BCUT2D eigenvalue weighted by Gasteiger charge is -2.30. The Morgan fingerprint density at radius 2 is 2.00 bits per heavy atom. The summed E-state index contributed by atoms with van der Waals surface area (Å²) in [6.45, 7) is -2.33. The molecule has 1 aromatic rings. The summed E-state index contributed by atoms with van der Waals surface area (Å²) in [5, 5.41) is 2.66. The lowest BCUT2D eigenvalue weighted by Crippen LogP contribution is -2.43. The lowest BCUT2D eigenvalue weighted by atomic mass is 9.99. The van der Waals surface area contributed by atoms with Gasteiger partial charge in [0.15, 0.2) is 0 Å². The number of ether oxygens (including phenoxy) is 1. The molecule has 23 heavy (non-hydrogen) atoms. The van der Waals surface area contributed by atoms with Gasteiger partial charge in [0.25, 0.3) is 0 Å². The van der Waals surface area contributed by atoms with E-state index in [0.717, 1.165) is 6.26 Å². The fraction of sp³-hybridized carbons (Fsp3) is 0.500. The zero-order valence-electron chi connectivity index (χ0n) is 12.5. The number of benzene rings is 1. The molecule has 1 aromatic carbocycles. The van der Waals surface area contributed by atoms with Crippen molar-refractivity contribution in [1.82, 2.24) is 4.31 Å². The average Bonchev–Trinajstić information content (AvgIpc) is 2.48. The maximum Gasteiger partial charge on any atom is 0.387 e. The molecule has 0 unspecified atom stereocenters. The number of piperidine rings is 1. The number of nitrogens with zero attached hydrogens (tertiary/aromatic N) is 1. The number of rotatable bonds is 5. The number of anilines is 1. The van der Waals surface area contributed by atoms with Crippen LogP contribution in [0.25, 0.3) is 0 Å². The molecule has 1 fully saturated rings. The van der Waals surface area contributed by atoms with E-state index < -0.39 is 22.6 Å². The predicted molar refractivity (Wildman–Crippen MR) is 80.8 cm³/mol. The van der Waals surface area contributed by atoms with Crippen molar-refractivity contribution in [3.63, 3.8) is 0 Å². The minimum Gasteiger partial charge on any atom is -0.435 e. The highest BCUT2D eigenvalue weighted by molar-refractivity contribution is 7.88. The van der Waals surface area contributed by atoms with Gasteiger partial charge < -0.3 is 10.1 Å². The van der Waals surface area contributed by atoms with Gasteiger partial charge >= 0.3 is 6.61 Å². The zero-order chi connectivity index (χ0) is 17.0. The molecule has 128 valence electrons. The van der Waals surface area contributed by atoms with Crippen LogP contribution in [0.2, 0.25) is 0 Å². The van der Waals surface area contributed by atoms with Gasteiger partial charge in [-0.3, -0.25) is 4.79 Å². The number of hydrogen-bond acceptors (Lipinski definition) is 4. The first kappa shape index (κ1) is 17.6. The van der Waals surface area contributed by atoms with E-state index >= 15 is 0 Å². The Labute approximate surface area is 133 Å². The number of amides is 1. The summed E-state index contributed by atoms with van der Waals surface area (Å²) in [6.07, 6.45) is 2.34. The summed E-state index contributed by atoms with van der Waals surface area (Å²) < 4.78 is 52.8. The van der Waals surface area contributed by atoms with E-state index in [2.05, 4.69) is 10.1 Å². The van der Waals surface area contributed by atoms with E-state index in [1.807, 2.05) is 0 Å². The van der Waals surface area contributed by atoms with E-state index in [9.17, 15) is 22.0 Å². The van der Waals surface area contributed by atoms with Crippen LogP contribution in [-0.2, 0) is 14.8 Å². The second kappa shape index (κ2) is 7.22. The van der Waals surface area contributed by atoms with Crippen molar-refractivity contribution in [3.05, 3.63) is 24.3 Å².